The van der Waals surface area contributed by atoms with Gasteiger partial charge in [-0.1, -0.05) is 66.5 Å². The number of benzene rings is 1. The van der Waals surface area contributed by atoms with Crippen LogP contribution in [0.2, 0.25) is 0 Å². The van der Waals surface area contributed by atoms with Crippen molar-refractivity contribution >= 4 is 77.0 Å². The van der Waals surface area contributed by atoms with E-state index in [-0.39, 0.29) is 37.4 Å². The molecule has 10 amide bonds. The Bertz CT molecular complexity index is 2260. The lowest BCUT2D eigenvalue weighted by atomic mass is 9.96. The number of carboxylic acid groups (broad SMARTS) is 3. The van der Waals surface area contributed by atoms with Crippen LogP contribution < -0.4 is 59.3 Å². The molecule has 1 aromatic rings. The minimum Gasteiger partial charge on any atom is -0.508 e. The Labute approximate surface area is 439 Å². The second kappa shape index (κ2) is 31.7. The van der Waals surface area contributed by atoms with Gasteiger partial charge in [0.15, 0.2) is 0 Å². The van der Waals surface area contributed by atoms with E-state index in [1.807, 2.05) is 0 Å². The average Bonchev–Trinajstić information content (AvgIpc) is 3.34. The average molecular weight is 1080 g/mol. The first-order chi connectivity index (χ1) is 35.3. The van der Waals surface area contributed by atoms with Crippen molar-refractivity contribution in [1.82, 2.24) is 47.9 Å². The number of carbonyl (C=O) groups is 13. The highest BCUT2D eigenvalue weighted by atomic mass is 16.4. The molecule has 1 aromatic carbocycles. The van der Waals surface area contributed by atoms with E-state index in [9.17, 15) is 82.8 Å². The van der Waals surface area contributed by atoms with Gasteiger partial charge in [0, 0.05) is 12.8 Å². The molecule has 1 rings (SSSR count). The first-order valence-corrected chi connectivity index (χ1v) is 24.5. The SMILES string of the molecule is CC[C@H](C)[C@H](NC(=O)[C@H](C)NC(=O)[C@H](C)NC(=O)[C@H](CCC(=O)O)NC(=O)[C@@H](N)C(C)C)C(=O)N[C@@H](CC(=O)O)C(=O)N[C@@H](Cc1ccc(O)cc1)C(=O)N[C@H](C(=O)N[C@@H](CC(=O)O)C(=O)N[C@@H](C)C(N)=O)[C@@H](C)CC. The van der Waals surface area contributed by atoms with Gasteiger partial charge in [0.05, 0.1) is 18.9 Å². The highest BCUT2D eigenvalue weighted by molar-refractivity contribution is 6.00. The van der Waals surface area contributed by atoms with Crippen molar-refractivity contribution in [1.29, 1.82) is 0 Å². The first-order valence-electron chi connectivity index (χ1n) is 24.5. The summed E-state index contributed by atoms with van der Waals surface area (Å²) in [6.45, 7) is 13.4. The van der Waals surface area contributed by atoms with E-state index in [2.05, 4.69) is 47.9 Å². The van der Waals surface area contributed by atoms with Gasteiger partial charge in [-0.15, -0.1) is 0 Å². The van der Waals surface area contributed by atoms with Crippen molar-refractivity contribution < 1.29 is 82.8 Å². The third kappa shape index (κ3) is 22.7. The number of amides is 10. The van der Waals surface area contributed by atoms with E-state index in [0.29, 0.717) is 5.56 Å². The van der Waals surface area contributed by atoms with Gasteiger partial charge in [-0.2, -0.15) is 0 Å². The molecular weight excluding hydrogens is 1000 g/mol. The molecule has 0 aliphatic carbocycles. The number of primary amides is 1. The Morgan fingerprint density at radius 2 is 0.829 bits per heavy atom. The fourth-order valence-corrected chi connectivity index (χ4v) is 6.85. The van der Waals surface area contributed by atoms with Crippen LogP contribution in [0.1, 0.15) is 106 Å². The summed E-state index contributed by atoms with van der Waals surface area (Å²) in [6.07, 6.45) is -2.79. The van der Waals surface area contributed by atoms with Crippen LogP contribution in [0.15, 0.2) is 24.3 Å². The number of rotatable bonds is 33. The Morgan fingerprint density at radius 1 is 0.461 bits per heavy atom. The fourth-order valence-electron chi connectivity index (χ4n) is 6.85. The van der Waals surface area contributed by atoms with Crippen LogP contribution in [0.3, 0.4) is 0 Å². The highest BCUT2D eigenvalue weighted by Gasteiger charge is 2.37. The smallest absolute Gasteiger partial charge is 0.305 e. The van der Waals surface area contributed by atoms with E-state index in [0.717, 1.165) is 0 Å². The minimum absolute atomic E-state index is 0.161. The lowest BCUT2D eigenvalue weighted by molar-refractivity contribution is -0.142. The molecule has 0 bridgehead atoms. The van der Waals surface area contributed by atoms with E-state index in [4.69, 9.17) is 11.5 Å². The van der Waals surface area contributed by atoms with Crippen LogP contribution in [0.5, 0.6) is 5.75 Å². The van der Waals surface area contributed by atoms with Gasteiger partial charge < -0.3 is 79.7 Å². The Hall–Kier alpha value is -7.91. The summed E-state index contributed by atoms with van der Waals surface area (Å²) >= 11 is 0. The molecule has 0 aromatic heterocycles. The van der Waals surface area contributed by atoms with Crippen LogP contribution in [-0.4, -0.2) is 158 Å². The molecule has 0 saturated carbocycles. The molecule has 76 heavy (non-hydrogen) atoms. The second-order valence-electron chi connectivity index (χ2n) is 18.8. The molecule has 12 atom stereocenters. The zero-order valence-electron chi connectivity index (χ0n) is 44.0. The summed E-state index contributed by atoms with van der Waals surface area (Å²) < 4.78 is 0. The van der Waals surface area contributed by atoms with Crippen molar-refractivity contribution in [3.05, 3.63) is 29.8 Å². The molecule has 0 aliphatic rings. The Morgan fingerprint density at radius 3 is 1.25 bits per heavy atom. The van der Waals surface area contributed by atoms with Gasteiger partial charge in [0.1, 0.15) is 60.1 Å². The molecular formula is C48H75N11O17. The quantitative estimate of drug-likeness (QED) is 0.0328. The number of hydrogen-bond acceptors (Lipinski definition) is 15. The maximum absolute atomic E-state index is 14.2. The van der Waals surface area contributed by atoms with Crippen LogP contribution in [-0.2, 0) is 68.7 Å². The molecule has 28 nitrogen and oxygen atoms in total. The van der Waals surface area contributed by atoms with E-state index >= 15 is 0 Å². The zero-order valence-corrected chi connectivity index (χ0v) is 44.0. The summed E-state index contributed by atoms with van der Waals surface area (Å²) in [4.78, 5) is 168. The predicted molar refractivity (Wildman–Crippen MR) is 269 cm³/mol. The van der Waals surface area contributed by atoms with Crippen molar-refractivity contribution in [3.63, 3.8) is 0 Å². The topological polar surface area (TPSA) is 463 Å². The van der Waals surface area contributed by atoms with E-state index in [1.165, 1.54) is 45.0 Å². The molecule has 0 radical (unpaired) electrons. The first kappa shape index (κ1) is 66.1. The summed E-state index contributed by atoms with van der Waals surface area (Å²) in [7, 11) is 0. The van der Waals surface area contributed by atoms with Gasteiger partial charge >= 0.3 is 17.9 Å². The predicted octanol–water partition coefficient (Wildman–Crippen LogP) is -3.27. The van der Waals surface area contributed by atoms with Gasteiger partial charge in [-0.25, -0.2) is 0 Å². The number of phenolic OH excluding ortho intramolecular Hbond substituents is 1. The number of nitrogens with one attached hydrogen (secondary N) is 9. The van der Waals surface area contributed by atoms with E-state index in [1.54, 1.807) is 41.5 Å². The third-order valence-electron chi connectivity index (χ3n) is 12.2. The number of nitrogens with two attached hydrogens (primary N) is 2. The summed E-state index contributed by atoms with van der Waals surface area (Å²) in [5.41, 5.74) is 11.4. The van der Waals surface area contributed by atoms with Crippen LogP contribution in [0.25, 0.3) is 0 Å². The third-order valence-corrected chi connectivity index (χ3v) is 12.2. The van der Waals surface area contributed by atoms with E-state index < -0.39 is 168 Å². The highest BCUT2D eigenvalue weighted by Crippen LogP contribution is 2.15. The summed E-state index contributed by atoms with van der Waals surface area (Å²) in [6, 6.07) is -9.44. The second-order valence-corrected chi connectivity index (χ2v) is 18.8. The van der Waals surface area contributed by atoms with Crippen LogP contribution >= 0.6 is 0 Å². The van der Waals surface area contributed by atoms with Gasteiger partial charge in [0.2, 0.25) is 59.1 Å². The minimum atomic E-state index is -1.93. The molecule has 0 unspecified atom stereocenters. The maximum Gasteiger partial charge on any atom is 0.305 e. The molecule has 28 heteroatoms. The molecule has 0 saturated heterocycles. The van der Waals surface area contributed by atoms with Gasteiger partial charge in [-0.3, -0.25) is 62.3 Å². The Kier molecular flexibility index (Phi) is 27.6. The van der Waals surface area contributed by atoms with Gasteiger partial charge in [0.25, 0.3) is 0 Å². The number of carboxylic acids is 3. The lowest BCUT2D eigenvalue weighted by Gasteiger charge is -2.30. The monoisotopic (exact) mass is 1080 g/mol. The number of phenols is 1. The van der Waals surface area contributed by atoms with Crippen LogP contribution in [0.4, 0.5) is 0 Å². The lowest BCUT2D eigenvalue weighted by Crippen LogP contribution is -2.62. The molecule has 0 spiro atoms. The zero-order chi connectivity index (χ0) is 58.3. The molecule has 424 valence electrons. The number of aliphatic carboxylic acids is 3. The summed E-state index contributed by atoms with van der Waals surface area (Å²) in [5.74, 6) is -16.2. The van der Waals surface area contributed by atoms with Crippen molar-refractivity contribution in [2.75, 3.05) is 0 Å². The van der Waals surface area contributed by atoms with Crippen molar-refractivity contribution in [3.8, 4) is 5.75 Å². The fraction of sp³-hybridized carbons (Fsp3) is 0.604. The summed E-state index contributed by atoms with van der Waals surface area (Å²) in [5, 5.41) is 59.7. The van der Waals surface area contributed by atoms with Crippen LogP contribution in [0, 0.1) is 17.8 Å². The molecule has 0 heterocycles. The standard InChI is InChI=1S/C48H75N11O17/c1-10-22(5)37(58-41(69)26(9)52-40(68)25(8)53-42(70)29(16-17-33(61)62)54-46(74)36(49)21(3)4)47(75)57-32(20-35(65)66)44(72)55-30(18-27-12-14-28(60)15-13-27)45(73)59-38(23(6)11-2)48(76)56-31(19-34(63)64)43(71)51-24(7)39(50)67/h12-15,21-26,29-32,36-38,60H,10-11,16-20,49H2,1-9H3,(H2,50,67)(H,51,71)(H,52,68)(H,53,70)(H,54,74)(H,55,72)(H,56,76)(H,57,75)(H,58,69)(H,59,73)(H,61,62)(H,63,64)(H,65,66)/t22-,23-,24-,25-,26-,29-,30-,31-,32-,36-,37-,38-/m0/s1. The van der Waals surface area contributed by atoms with Crippen molar-refractivity contribution in [2.24, 2.45) is 29.2 Å². The number of aromatic hydroxyl groups is 1. The largest absolute Gasteiger partial charge is 0.508 e. The Balaban J connectivity index is 3.44. The molecule has 0 fully saturated rings. The normalized spacial score (nSPS) is 15.8. The number of hydrogen-bond donors (Lipinski definition) is 15. The molecule has 17 N–H and O–H groups in total. The van der Waals surface area contributed by atoms with Gasteiger partial charge in [-0.05, 0) is 62.6 Å². The number of carbonyl (C=O) groups excluding carboxylic acids is 10. The maximum atomic E-state index is 14.2. The van der Waals surface area contributed by atoms with Crippen molar-refractivity contribution in [2.45, 2.75) is 168 Å². The molecule has 0 aliphatic heterocycles.